The molecule has 1 aliphatic carbocycles. The molecule has 0 bridgehead atoms. The van der Waals surface area contributed by atoms with Crippen molar-refractivity contribution in [1.29, 1.82) is 0 Å². The number of ether oxygens (including phenoxy) is 2. The summed E-state index contributed by atoms with van der Waals surface area (Å²) in [6.45, 7) is 9.20. The Labute approximate surface area is 198 Å². The fourth-order valence-corrected chi connectivity index (χ4v) is 5.09. The Morgan fingerprint density at radius 3 is 2.30 bits per heavy atom. The highest BCUT2D eigenvalue weighted by molar-refractivity contribution is 6.54. The van der Waals surface area contributed by atoms with E-state index in [1.165, 1.54) is 12.7 Å². The normalized spacial score (nSPS) is 27.1. The molecule has 4 rings (SSSR count). The zero-order valence-electron chi connectivity index (χ0n) is 20.8. The van der Waals surface area contributed by atoms with Crippen LogP contribution < -0.4 is 0 Å². The number of hydrogen-bond donors (Lipinski definition) is 0. The maximum atomic E-state index is 12.6. The van der Waals surface area contributed by atoms with Gasteiger partial charge in [0, 0.05) is 12.2 Å². The topological polar surface area (TPSA) is 57.2 Å². The van der Waals surface area contributed by atoms with Gasteiger partial charge in [0.15, 0.2) is 0 Å². The third kappa shape index (κ3) is 5.15. The molecule has 1 saturated heterocycles. The molecule has 0 atom stereocenters. The van der Waals surface area contributed by atoms with Crippen LogP contribution in [0.25, 0.3) is 0 Å². The second-order valence-electron chi connectivity index (χ2n) is 10.5. The van der Waals surface area contributed by atoms with Gasteiger partial charge >= 0.3 is 13.2 Å². The Balaban J connectivity index is 1.46. The van der Waals surface area contributed by atoms with E-state index in [0.717, 1.165) is 49.7 Å². The van der Waals surface area contributed by atoms with E-state index >= 15 is 0 Å². The molecular weight excluding hydrogens is 417 g/mol. The Hall–Kier alpha value is -1.83. The first kappa shape index (κ1) is 24.3. The highest BCUT2D eigenvalue weighted by Gasteiger charge is 2.53. The summed E-state index contributed by atoms with van der Waals surface area (Å²) in [4.78, 5) is 14.3. The zero-order valence-corrected chi connectivity index (χ0v) is 20.8. The van der Waals surface area contributed by atoms with Gasteiger partial charge in [-0.1, -0.05) is 30.3 Å². The third-order valence-corrected chi connectivity index (χ3v) is 7.86. The molecule has 6 nitrogen and oxygen atoms in total. The second kappa shape index (κ2) is 9.81. The first-order valence-corrected chi connectivity index (χ1v) is 12.3. The predicted octanol–water partition coefficient (Wildman–Crippen LogP) is 5.48. The van der Waals surface area contributed by atoms with E-state index < -0.39 is 18.3 Å². The van der Waals surface area contributed by atoms with Gasteiger partial charge in [-0.2, -0.15) is 0 Å². The van der Waals surface area contributed by atoms with Crippen LogP contribution in [-0.4, -0.2) is 55.7 Å². The quantitative estimate of drug-likeness (QED) is 0.551. The van der Waals surface area contributed by atoms with Crippen molar-refractivity contribution in [2.75, 3.05) is 20.3 Å². The number of nitrogens with zero attached hydrogens (tertiary/aromatic N) is 1. The SMILES string of the molecule is COC(=O)N1CCCC(B2OC(C)(C)C(C)(C)O2)=C1CO[C@H]1CC[C@@H](c2ccccc2)CC1. The standard InChI is InChI=1S/C26H38BNO5/c1-25(2)26(3,4)33-27(32-25)22-12-9-17-28(24(29)30-5)23(22)18-31-21-15-13-20(14-16-21)19-10-7-6-8-11-19/h6-8,10-11,20-21H,9,12-18H2,1-5H3/t20-,21+. The minimum Gasteiger partial charge on any atom is -0.452 e. The van der Waals surface area contributed by atoms with Gasteiger partial charge in [0.1, 0.15) is 0 Å². The Morgan fingerprint density at radius 1 is 1.06 bits per heavy atom. The van der Waals surface area contributed by atoms with Crippen molar-refractivity contribution in [1.82, 2.24) is 4.90 Å². The lowest BCUT2D eigenvalue weighted by Crippen LogP contribution is -2.41. The smallest absolute Gasteiger partial charge is 0.452 e. The van der Waals surface area contributed by atoms with Crippen LogP contribution in [0.1, 0.15) is 77.7 Å². The molecule has 2 heterocycles. The number of allylic oxidation sites excluding steroid dienone is 1. The van der Waals surface area contributed by atoms with Gasteiger partial charge < -0.3 is 18.8 Å². The number of methoxy groups -OCH3 is 1. The van der Waals surface area contributed by atoms with E-state index in [0.29, 0.717) is 19.1 Å². The average Bonchev–Trinajstić information content (AvgIpc) is 3.04. The molecule has 0 spiro atoms. The summed E-state index contributed by atoms with van der Waals surface area (Å²) in [6.07, 6.45) is 5.81. The number of rotatable bonds is 5. The van der Waals surface area contributed by atoms with E-state index in [4.69, 9.17) is 18.8 Å². The molecular formula is C26H38BNO5. The fourth-order valence-electron chi connectivity index (χ4n) is 5.09. The van der Waals surface area contributed by atoms with Crippen LogP contribution >= 0.6 is 0 Å². The Bertz CT molecular complexity index is 845. The molecule has 0 aromatic heterocycles. The Morgan fingerprint density at radius 2 is 1.70 bits per heavy atom. The highest BCUT2D eigenvalue weighted by Crippen LogP contribution is 2.41. The lowest BCUT2D eigenvalue weighted by atomic mass is 9.72. The van der Waals surface area contributed by atoms with Crippen molar-refractivity contribution >= 4 is 13.2 Å². The molecule has 0 unspecified atom stereocenters. The van der Waals surface area contributed by atoms with Gasteiger partial charge in [0.2, 0.25) is 0 Å². The number of carbonyl (C=O) groups excluding carboxylic acids is 1. The summed E-state index contributed by atoms with van der Waals surface area (Å²) in [5.41, 5.74) is 2.41. The highest BCUT2D eigenvalue weighted by atomic mass is 16.7. The van der Waals surface area contributed by atoms with Crippen LogP contribution in [0.4, 0.5) is 4.79 Å². The van der Waals surface area contributed by atoms with E-state index in [9.17, 15) is 4.79 Å². The summed E-state index contributed by atoms with van der Waals surface area (Å²) in [7, 11) is 0.948. The van der Waals surface area contributed by atoms with Gasteiger partial charge in [-0.15, -0.1) is 0 Å². The van der Waals surface area contributed by atoms with Crippen molar-refractivity contribution in [2.24, 2.45) is 0 Å². The molecule has 180 valence electrons. The van der Waals surface area contributed by atoms with Gasteiger partial charge in [-0.05, 0) is 83.2 Å². The van der Waals surface area contributed by atoms with Gasteiger partial charge in [-0.25, -0.2) is 4.79 Å². The molecule has 2 aliphatic heterocycles. The summed E-state index contributed by atoms with van der Waals surface area (Å²) in [5, 5.41) is 0. The number of amides is 1. The fraction of sp³-hybridized carbons (Fsp3) is 0.654. The number of benzene rings is 1. The molecule has 33 heavy (non-hydrogen) atoms. The maximum Gasteiger partial charge on any atom is 0.492 e. The second-order valence-corrected chi connectivity index (χ2v) is 10.5. The van der Waals surface area contributed by atoms with Crippen LogP contribution in [0, 0.1) is 0 Å². The van der Waals surface area contributed by atoms with Crippen LogP contribution in [-0.2, 0) is 18.8 Å². The summed E-state index contributed by atoms with van der Waals surface area (Å²) >= 11 is 0. The zero-order chi connectivity index (χ0) is 23.6. The summed E-state index contributed by atoms with van der Waals surface area (Å²) < 4.78 is 24.2. The van der Waals surface area contributed by atoms with Crippen molar-refractivity contribution < 1.29 is 23.6 Å². The monoisotopic (exact) mass is 455 g/mol. The van der Waals surface area contributed by atoms with Crippen LogP contribution in [0.3, 0.4) is 0 Å². The molecule has 3 aliphatic rings. The minimum atomic E-state index is -0.477. The lowest BCUT2D eigenvalue weighted by Gasteiger charge is -2.34. The first-order valence-electron chi connectivity index (χ1n) is 12.3. The van der Waals surface area contributed by atoms with Crippen LogP contribution in [0.2, 0.25) is 0 Å². The van der Waals surface area contributed by atoms with Crippen molar-refractivity contribution in [3.05, 3.63) is 47.1 Å². The largest absolute Gasteiger partial charge is 0.492 e. The van der Waals surface area contributed by atoms with E-state index in [1.807, 2.05) is 0 Å². The maximum absolute atomic E-state index is 12.6. The van der Waals surface area contributed by atoms with Crippen molar-refractivity contribution in [3.8, 4) is 0 Å². The molecule has 1 aromatic carbocycles. The lowest BCUT2D eigenvalue weighted by molar-refractivity contribution is 0.00578. The van der Waals surface area contributed by atoms with Crippen molar-refractivity contribution in [2.45, 2.75) is 89.4 Å². The van der Waals surface area contributed by atoms with E-state index in [-0.39, 0.29) is 12.2 Å². The first-order chi connectivity index (χ1) is 15.7. The van der Waals surface area contributed by atoms with Gasteiger partial charge in [0.25, 0.3) is 0 Å². The van der Waals surface area contributed by atoms with Crippen LogP contribution in [0.5, 0.6) is 0 Å². The Kier molecular flexibility index (Phi) is 7.22. The van der Waals surface area contributed by atoms with E-state index in [1.54, 1.807) is 4.90 Å². The molecule has 0 N–H and O–H groups in total. The van der Waals surface area contributed by atoms with Gasteiger partial charge in [0.05, 0.1) is 31.0 Å². The molecule has 1 saturated carbocycles. The summed E-state index contributed by atoms with van der Waals surface area (Å²) in [6, 6.07) is 10.8. The minimum absolute atomic E-state index is 0.193. The third-order valence-electron chi connectivity index (χ3n) is 7.86. The molecule has 2 fully saturated rings. The van der Waals surface area contributed by atoms with Gasteiger partial charge in [-0.3, -0.25) is 4.90 Å². The molecule has 1 aromatic rings. The molecule has 7 heteroatoms. The van der Waals surface area contributed by atoms with Crippen molar-refractivity contribution in [3.63, 3.8) is 0 Å². The number of carbonyl (C=O) groups is 1. The predicted molar refractivity (Wildman–Crippen MR) is 129 cm³/mol. The van der Waals surface area contributed by atoms with Crippen LogP contribution in [0.15, 0.2) is 41.5 Å². The molecule has 1 amide bonds. The summed E-state index contributed by atoms with van der Waals surface area (Å²) in [5.74, 6) is 0.604. The average molecular weight is 455 g/mol. The van der Waals surface area contributed by atoms with E-state index in [2.05, 4.69) is 58.0 Å². The molecule has 0 radical (unpaired) electrons. The number of hydrogen-bond acceptors (Lipinski definition) is 5.